The Kier molecular flexibility index (Phi) is 3.50. The molecule has 0 saturated heterocycles. The molecule has 0 atom stereocenters. The van der Waals surface area contributed by atoms with Crippen LogP contribution < -0.4 is 5.32 Å². The number of fused-ring (bicyclic) bond motifs is 1. The fourth-order valence-corrected chi connectivity index (χ4v) is 2.62. The van der Waals surface area contributed by atoms with Crippen molar-refractivity contribution in [3.63, 3.8) is 0 Å². The van der Waals surface area contributed by atoms with E-state index in [1.807, 2.05) is 29.8 Å². The molecule has 124 valence electrons. The fourth-order valence-electron chi connectivity index (χ4n) is 2.62. The maximum absolute atomic E-state index is 12.2. The van der Waals surface area contributed by atoms with E-state index in [1.54, 1.807) is 42.6 Å². The first-order valence-electron chi connectivity index (χ1n) is 7.65. The van der Waals surface area contributed by atoms with Crippen LogP contribution >= 0.6 is 0 Å². The van der Waals surface area contributed by atoms with Gasteiger partial charge >= 0.3 is 0 Å². The topological polar surface area (TPSA) is 90.5 Å². The van der Waals surface area contributed by atoms with Crippen LogP contribution in [-0.4, -0.2) is 35.4 Å². The number of benzene rings is 1. The van der Waals surface area contributed by atoms with Crippen LogP contribution in [0.1, 0.15) is 10.5 Å². The Hall–Kier alpha value is -3.55. The van der Waals surface area contributed by atoms with Crippen molar-refractivity contribution in [3.8, 4) is 11.3 Å². The molecule has 4 rings (SSSR count). The van der Waals surface area contributed by atoms with E-state index in [-0.39, 0.29) is 5.91 Å². The molecule has 0 unspecified atom stereocenters. The molecule has 0 fully saturated rings. The minimum atomic E-state index is -0.322. The van der Waals surface area contributed by atoms with Crippen LogP contribution in [0.4, 0.5) is 5.82 Å². The summed E-state index contributed by atoms with van der Waals surface area (Å²) in [5.41, 5.74) is 3.09. The fraction of sp³-hybridized carbons (Fsp3) is 0.118. The van der Waals surface area contributed by atoms with Crippen molar-refractivity contribution < 1.29 is 4.79 Å². The molecule has 8 nitrogen and oxygen atoms in total. The largest absolute Gasteiger partial charge is 0.334 e. The quantitative estimate of drug-likeness (QED) is 0.619. The van der Waals surface area contributed by atoms with Gasteiger partial charge in [-0.05, 0) is 24.3 Å². The smallest absolute Gasteiger partial charge is 0.277 e. The van der Waals surface area contributed by atoms with Crippen LogP contribution in [0.2, 0.25) is 0 Å². The summed E-state index contributed by atoms with van der Waals surface area (Å²) in [6.07, 6.45) is 5.27. The number of aromatic nitrogens is 6. The number of carbonyl (C=O) groups excluding carboxylic acids is 1. The third kappa shape index (κ3) is 2.85. The molecule has 4 aromatic rings. The number of hydrogen-bond acceptors (Lipinski definition) is 5. The van der Waals surface area contributed by atoms with E-state index in [0.29, 0.717) is 11.5 Å². The van der Waals surface area contributed by atoms with Gasteiger partial charge in [-0.3, -0.25) is 9.48 Å². The van der Waals surface area contributed by atoms with E-state index in [4.69, 9.17) is 0 Å². The molecule has 3 heterocycles. The predicted molar refractivity (Wildman–Crippen MR) is 92.9 cm³/mol. The molecule has 3 aromatic heterocycles. The van der Waals surface area contributed by atoms with Gasteiger partial charge in [0.1, 0.15) is 0 Å². The average Bonchev–Trinajstić information content (AvgIpc) is 3.22. The number of carbonyl (C=O) groups is 1. The number of nitrogens with one attached hydrogen (secondary N) is 1. The van der Waals surface area contributed by atoms with Gasteiger partial charge in [-0.1, -0.05) is 6.07 Å². The normalized spacial score (nSPS) is 11.0. The Bertz CT molecular complexity index is 1080. The number of aryl methyl sites for hydroxylation is 2. The number of hydrogen-bond donors (Lipinski definition) is 1. The predicted octanol–water partition coefficient (Wildman–Crippen LogP) is 2.02. The number of amides is 1. The van der Waals surface area contributed by atoms with Crippen LogP contribution in [0.5, 0.6) is 0 Å². The molecule has 1 amide bonds. The molecule has 0 radical (unpaired) electrons. The minimum absolute atomic E-state index is 0.322. The molecule has 8 heteroatoms. The zero-order chi connectivity index (χ0) is 17.4. The molecule has 1 aromatic carbocycles. The average molecular weight is 333 g/mol. The van der Waals surface area contributed by atoms with Gasteiger partial charge in [0, 0.05) is 31.2 Å². The van der Waals surface area contributed by atoms with E-state index in [9.17, 15) is 4.79 Å². The number of anilines is 1. The molecule has 0 bridgehead atoms. The summed E-state index contributed by atoms with van der Waals surface area (Å²) in [7, 11) is 3.70. The lowest BCUT2D eigenvalue weighted by atomic mass is 10.1. The highest BCUT2D eigenvalue weighted by Gasteiger charge is 2.11. The lowest BCUT2D eigenvalue weighted by molar-refractivity contribution is 0.102. The summed E-state index contributed by atoms with van der Waals surface area (Å²) < 4.78 is 3.51. The van der Waals surface area contributed by atoms with Crippen molar-refractivity contribution in [1.29, 1.82) is 0 Å². The van der Waals surface area contributed by atoms with Crippen LogP contribution in [0.15, 0.2) is 49.1 Å². The van der Waals surface area contributed by atoms with E-state index >= 15 is 0 Å². The zero-order valence-electron chi connectivity index (χ0n) is 13.7. The Morgan fingerprint density at radius 1 is 1.12 bits per heavy atom. The Morgan fingerprint density at radius 2 is 2.00 bits per heavy atom. The molecule has 0 aliphatic rings. The van der Waals surface area contributed by atoms with E-state index in [2.05, 4.69) is 25.6 Å². The first-order valence-corrected chi connectivity index (χ1v) is 7.65. The second-order valence-corrected chi connectivity index (χ2v) is 5.72. The molecule has 1 N–H and O–H groups in total. The minimum Gasteiger partial charge on any atom is -0.334 e. The highest BCUT2D eigenvalue weighted by Crippen LogP contribution is 2.24. The molecule has 0 spiro atoms. The third-order valence-electron chi connectivity index (χ3n) is 3.89. The van der Waals surface area contributed by atoms with Gasteiger partial charge < -0.3 is 9.88 Å². The molecule has 0 saturated carbocycles. The molecule has 25 heavy (non-hydrogen) atoms. The Labute approximate surface area is 143 Å². The second kappa shape index (κ2) is 5.82. The standard InChI is InChI=1S/C17H15N7O/c1-23-10-18-9-15(23)11-3-4-13-12(7-11)8-16(21-20-13)19-17(25)14-5-6-24(2)22-14/h3-10H,1-2H3,(H,19,21,25). The monoisotopic (exact) mass is 333 g/mol. The lowest BCUT2D eigenvalue weighted by Crippen LogP contribution is -2.14. The highest BCUT2D eigenvalue weighted by atomic mass is 16.2. The molecule has 0 aliphatic heterocycles. The number of rotatable bonds is 3. The Morgan fingerprint density at radius 3 is 2.72 bits per heavy atom. The molecular weight excluding hydrogens is 318 g/mol. The highest BCUT2D eigenvalue weighted by molar-refractivity contribution is 6.03. The van der Waals surface area contributed by atoms with Crippen molar-refractivity contribution in [2.45, 2.75) is 0 Å². The van der Waals surface area contributed by atoms with Crippen LogP contribution in [0.3, 0.4) is 0 Å². The summed E-state index contributed by atoms with van der Waals surface area (Å²) in [6.45, 7) is 0. The SMILES string of the molecule is Cn1ccc(C(=O)Nc2cc3cc(-c4cncn4C)ccc3nn2)n1. The van der Waals surface area contributed by atoms with Crippen molar-refractivity contribution in [3.05, 3.63) is 54.7 Å². The summed E-state index contributed by atoms with van der Waals surface area (Å²) in [6, 6.07) is 9.31. The van der Waals surface area contributed by atoms with E-state index in [1.165, 1.54) is 0 Å². The van der Waals surface area contributed by atoms with Gasteiger partial charge in [0.2, 0.25) is 0 Å². The van der Waals surface area contributed by atoms with Crippen LogP contribution in [0, 0.1) is 0 Å². The van der Waals surface area contributed by atoms with Gasteiger partial charge in [0.15, 0.2) is 11.5 Å². The summed E-state index contributed by atoms with van der Waals surface area (Å²) in [4.78, 5) is 16.3. The molecular formula is C17H15N7O. The first-order chi connectivity index (χ1) is 12.1. The summed E-state index contributed by atoms with van der Waals surface area (Å²) >= 11 is 0. The maximum Gasteiger partial charge on any atom is 0.277 e. The van der Waals surface area contributed by atoms with E-state index in [0.717, 1.165) is 22.2 Å². The van der Waals surface area contributed by atoms with Gasteiger partial charge in [-0.2, -0.15) is 5.10 Å². The molecule has 0 aliphatic carbocycles. The number of imidazole rings is 1. The van der Waals surface area contributed by atoms with Crippen LogP contribution in [0.25, 0.3) is 22.2 Å². The van der Waals surface area contributed by atoms with Crippen molar-refractivity contribution in [2.24, 2.45) is 14.1 Å². The van der Waals surface area contributed by atoms with Crippen molar-refractivity contribution >= 4 is 22.6 Å². The maximum atomic E-state index is 12.2. The summed E-state index contributed by atoms with van der Waals surface area (Å²) in [5.74, 6) is 0.0577. The third-order valence-corrected chi connectivity index (χ3v) is 3.89. The first kappa shape index (κ1) is 15.0. The van der Waals surface area contributed by atoms with Gasteiger partial charge in [-0.25, -0.2) is 4.98 Å². The van der Waals surface area contributed by atoms with E-state index < -0.39 is 0 Å². The Balaban J connectivity index is 1.67. The van der Waals surface area contributed by atoms with Crippen molar-refractivity contribution in [2.75, 3.05) is 5.32 Å². The number of nitrogens with zero attached hydrogens (tertiary/aromatic N) is 6. The van der Waals surface area contributed by atoms with Gasteiger partial charge in [-0.15, -0.1) is 10.2 Å². The lowest BCUT2D eigenvalue weighted by Gasteiger charge is -2.06. The van der Waals surface area contributed by atoms with Gasteiger partial charge in [0.25, 0.3) is 5.91 Å². The van der Waals surface area contributed by atoms with Gasteiger partial charge in [0.05, 0.1) is 23.7 Å². The van der Waals surface area contributed by atoms with Crippen molar-refractivity contribution in [1.82, 2.24) is 29.5 Å². The zero-order valence-corrected chi connectivity index (χ0v) is 13.7. The second-order valence-electron chi connectivity index (χ2n) is 5.72. The summed E-state index contributed by atoms with van der Waals surface area (Å²) in [5, 5.41) is 15.9. The van der Waals surface area contributed by atoms with Crippen LogP contribution in [-0.2, 0) is 14.1 Å².